The molecule has 3 aromatic rings. The predicted molar refractivity (Wildman–Crippen MR) is 110 cm³/mol. The molecule has 4 rings (SSSR count). The number of carbonyl (C=O) groups excluding carboxylic acids is 1. The van der Waals surface area contributed by atoms with E-state index in [4.69, 9.17) is 9.84 Å². The average molecular weight is 375 g/mol. The van der Waals surface area contributed by atoms with E-state index < -0.39 is 0 Å². The highest BCUT2D eigenvalue weighted by molar-refractivity contribution is 6.00. The van der Waals surface area contributed by atoms with E-state index in [0.29, 0.717) is 18.7 Å². The fourth-order valence-electron chi connectivity index (χ4n) is 3.80. The minimum absolute atomic E-state index is 0.00225. The molecule has 2 aromatic carbocycles. The minimum Gasteiger partial charge on any atom is -0.372 e. The van der Waals surface area contributed by atoms with Crippen LogP contribution in [0.1, 0.15) is 29.8 Å². The Morgan fingerprint density at radius 2 is 1.64 bits per heavy atom. The quantitative estimate of drug-likeness (QED) is 0.692. The number of benzene rings is 2. The van der Waals surface area contributed by atoms with Crippen LogP contribution in [0.15, 0.2) is 60.8 Å². The lowest BCUT2D eigenvalue weighted by Crippen LogP contribution is -2.48. The average Bonchev–Trinajstić information content (AvgIpc) is 3.13. The van der Waals surface area contributed by atoms with Gasteiger partial charge in [-0.3, -0.25) is 4.79 Å². The molecule has 0 radical (unpaired) electrons. The molecule has 0 spiro atoms. The summed E-state index contributed by atoms with van der Waals surface area (Å²) in [5, 5.41) is 4.80. The first-order valence-corrected chi connectivity index (χ1v) is 9.68. The molecule has 0 aliphatic carbocycles. The molecule has 1 amide bonds. The van der Waals surface area contributed by atoms with Gasteiger partial charge in [-0.05, 0) is 38.5 Å². The van der Waals surface area contributed by atoms with Crippen molar-refractivity contribution in [1.29, 1.82) is 0 Å². The monoisotopic (exact) mass is 375 g/mol. The first-order valence-electron chi connectivity index (χ1n) is 9.68. The van der Waals surface area contributed by atoms with Crippen molar-refractivity contribution < 1.29 is 9.53 Å². The van der Waals surface area contributed by atoms with Gasteiger partial charge in [-0.25, -0.2) is 4.68 Å². The molecule has 0 unspecified atom stereocenters. The highest BCUT2D eigenvalue weighted by atomic mass is 16.5. The third-order valence-electron chi connectivity index (χ3n) is 5.07. The van der Waals surface area contributed by atoms with Crippen LogP contribution in [0.2, 0.25) is 0 Å². The molecule has 1 aromatic heterocycles. The Morgan fingerprint density at radius 3 is 2.32 bits per heavy atom. The van der Waals surface area contributed by atoms with Crippen LogP contribution in [0.25, 0.3) is 16.9 Å². The highest BCUT2D eigenvalue weighted by Crippen LogP contribution is 2.28. The Kier molecular flexibility index (Phi) is 5.01. The summed E-state index contributed by atoms with van der Waals surface area (Å²) in [6.45, 7) is 7.24. The summed E-state index contributed by atoms with van der Waals surface area (Å²) < 4.78 is 7.59. The Balaban J connectivity index is 1.80. The van der Waals surface area contributed by atoms with Gasteiger partial charge in [0.2, 0.25) is 0 Å². The molecule has 5 heteroatoms. The van der Waals surface area contributed by atoms with E-state index in [1.807, 2.05) is 86.5 Å². The second-order valence-electron chi connectivity index (χ2n) is 7.45. The van der Waals surface area contributed by atoms with E-state index in [9.17, 15) is 4.79 Å². The van der Waals surface area contributed by atoms with Gasteiger partial charge in [0, 0.05) is 24.8 Å². The molecule has 144 valence electrons. The zero-order valence-corrected chi connectivity index (χ0v) is 16.5. The third-order valence-corrected chi connectivity index (χ3v) is 5.07. The van der Waals surface area contributed by atoms with Crippen molar-refractivity contribution in [3.8, 4) is 16.9 Å². The summed E-state index contributed by atoms with van der Waals surface area (Å²) >= 11 is 0. The highest BCUT2D eigenvalue weighted by Gasteiger charge is 2.30. The topological polar surface area (TPSA) is 47.4 Å². The summed E-state index contributed by atoms with van der Waals surface area (Å²) in [7, 11) is 0. The van der Waals surface area contributed by atoms with Crippen molar-refractivity contribution in [3.05, 3.63) is 71.9 Å². The zero-order valence-electron chi connectivity index (χ0n) is 16.5. The smallest absolute Gasteiger partial charge is 0.257 e. The van der Waals surface area contributed by atoms with Gasteiger partial charge in [-0.2, -0.15) is 5.10 Å². The number of hydrogen-bond acceptors (Lipinski definition) is 3. The van der Waals surface area contributed by atoms with Gasteiger partial charge >= 0.3 is 0 Å². The number of morpholine rings is 1. The second-order valence-corrected chi connectivity index (χ2v) is 7.45. The van der Waals surface area contributed by atoms with E-state index in [0.717, 1.165) is 22.5 Å². The van der Waals surface area contributed by atoms with E-state index in [1.54, 1.807) is 4.68 Å². The minimum atomic E-state index is 0.00225. The van der Waals surface area contributed by atoms with E-state index in [-0.39, 0.29) is 18.1 Å². The molecule has 1 aliphatic rings. The Bertz CT molecular complexity index is 971. The summed E-state index contributed by atoms with van der Waals surface area (Å²) in [5.41, 5.74) is 4.35. The lowest BCUT2D eigenvalue weighted by Gasteiger charge is -2.35. The van der Waals surface area contributed by atoms with Crippen LogP contribution in [0.5, 0.6) is 0 Å². The number of aryl methyl sites for hydroxylation is 1. The van der Waals surface area contributed by atoms with Gasteiger partial charge in [0.15, 0.2) is 0 Å². The van der Waals surface area contributed by atoms with Gasteiger partial charge in [0.25, 0.3) is 5.91 Å². The van der Waals surface area contributed by atoms with Crippen molar-refractivity contribution >= 4 is 5.91 Å². The molecule has 0 saturated carbocycles. The number of para-hydroxylation sites is 1. The van der Waals surface area contributed by atoms with Crippen LogP contribution >= 0.6 is 0 Å². The van der Waals surface area contributed by atoms with Crippen molar-refractivity contribution in [2.45, 2.75) is 33.0 Å². The van der Waals surface area contributed by atoms with Gasteiger partial charge in [0.1, 0.15) is 5.69 Å². The summed E-state index contributed by atoms with van der Waals surface area (Å²) in [5.74, 6) is 0.00225. The van der Waals surface area contributed by atoms with E-state index in [2.05, 4.69) is 0 Å². The number of ether oxygens (including phenoxy) is 1. The maximum atomic E-state index is 13.5. The molecule has 28 heavy (non-hydrogen) atoms. The van der Waals surface area contributed by atoms with Crippen molar-refractivity contribution in [2.24, 2.45) is 0 Å². The number of carbonyl (C=O) groups is 1. The van der Waals surface area contributed by atoms with Gasteiger partial charge in [0.05, 0.1) is 23.5 Å². The molecular weight excluding hydrogens is 350 g/mol. The van der Waals surface area contributed by atoms with Crippen molar-refractivity contribution in [1.82, 2.24) is 14.7 Å². The SMILES string of the molecule is Cc1ccccc1-c1nn(-c2ccccc2)cc1C(=O)N1C[C@@H](C)O[C@H](C)C1. The Morgan fingerprint density at radius 1 is 1.00 bits per heavy atom. The maximum Gasteiger partial charge on any atom is 0.257 e. The van der Waals surface area contributed by atoms with Crippen LogP contribution in [-0.2, 0) is 4.74 Å². The number of aromatic nitrogens is 2. The molecule has 2 heterocycles. The molecule has 0 N–H and O–H groups in total. The summed E-state index contributed by atoms with van der Waals surface area (Å²) in [6.07, 6.45) is 1.90. The van der Waals surface area contributed by atoms with E-state index >= 15 is 0 Å². The van der Waals surface area contributed by atoms with Gasteiger partial charge in [-0.1, -0.05) is 42.5 Å². The fraction of sp³-hybridized carbons (Fsp3) is 0.304. The zero-order chi connectivity index (χ0) is 19.7. The van der Waals surface area contributed by atoms with Crippen molar-refractivity contribution in [3.63, 3.8) is 0 Å². The van der Waals surface area contributed by atoms with Crippen LogP contribution in [0, 0.1) is 6.92 Å². The molecule has 2 atom stereocenters. The summed E-state index contributed by atoms with van der Waals surface area (Å²) in [6, 6.07) is 17.9. The predicted octanol–water partition coefficient (Wildman–Crippen LogP) is 4.10. The second kappa shape index (κ2) is 7.60. The fourth-order valence-corrected chi connectivity index (χ4v) is 3.80. The van der Waals surface area contributed by atoms with Crippen LogP contribution in [0.3, 0.4) is 0 Å². The largest absolute Gasteiger partial charge is 0.372 e. The first kappa shape index (κ1) is 18.4. The Hall–Kier alpha value is -2.92. The first-order chi connectivity index (χ1) is 13.5. The molecule has 5 nitrogen and oxygen atoms in total. The molecule has 0 bridgehead atoms. The molecule has 1 aliphatic heterocycles. The Labute approximate surface area is 165 Å². The van der Waals surface area contributed by atoms with Gasteiger partial charge in [-0.15, -0.1) is 0 Å². The van der Waals surface area contributed by atoms with Crippen LogP contribution in [0.4, 0.5) is 0 Å². The number of hydrogen-bond donors (Lipinski definition) is 0. The lowest BCUT2D eigenvalue weighted by molar-refractivity contribution is -0.0586. The van der Waals surface area contributed by atoms with Gasteiger partial charge < -0.3 is 9.64 Å². The number of rotatable bonds is 3. The molecular formula is C23H25N3O2. The van der Waals surface area contributed by atoms with Crippen LogP contribution < -0.4 is 0 Å². The standard InChI is InChI=1S/C23H25N3O2/c1-16-9-7-8-12-20(16)22-21(15-26(24-22)19-10-5-4-6-11-19)23(27)25-13-17(2)28-18(3)14-25/h4-12,15,17-18H,13-14H2,1-3H3/t17-,18-/m1/s1. The summed E-state index contributed by atoms with van der Waals surface area (Å²) in [4.78, 5) is 15.3. The van der Waals surface area contributed by atoms with Crippen LogP contribution in [-0.4, -0.2) is 45.9 Å². The third kappa shape index (κ3) is 3.58. The van der Waals surface area contributed by atoms with Crippen molar-refractivity contribution in [2.75, 3.05) is 13.1 Å². The number of amides is 1. The molecule has 1 fully saturated rings. The normalized spacial score (nSPS) is 19.6. The number of nitrogens with zero attached hydrogens (tertiary/aromatic N) is 3. The maximum absolute atomic E-state index is 13.5. The molecule has 1 saturated heterocycles. The van der Waals surface area contributed by atoms with E-state index in [1.165, 1.54) is 0 Å². The lowest BCUT2D eigenvalue weighted by atomic mass is 10.0.